The molecule has 1 amide bonds. The number of nitro benzene ring substituents is 1. The Kier molecular flexibility index (Phi) is 4.86. The van der Waals surface area contributed by atoms with E-state index in [4.69, 9.17) is 5.73 Å². The standard InChI is InChI=1S/C13H19N3O3/c1-4-10(8(2)3)15-11-6-5-9(13(14)17)7-12(11)16(18)19/h5-8,10,15H,4H2,1-3H3,(H2,14,17). The highest BCUT2D eigenvalue weighted by atomic mass is 16.6. The van der Waals surface area contributed by atoms with Gasteiger partial charge in [0.1, 0.15) is 5.69 Å². The van der Waals surface area contributed by atoms with Crippen LogP contribution >= 0.6 is 0 Å². The molecule has 0 aromatic heterocycles. The molecule has 0 aliphatic carbocycles. The summed E-state index contributed by atoms with van der Waals surface area (Å²) in [5.41, 5.74) is 5.54. The zero-order valence-corrected chi connectivity index (χ0v) is 11.3. The lowest BCUT2D eigenvalue weighted by molar-refractivity contribution is -0.384. The van der Waals surface area contributed by atoms with E-state index < -0.39 is 10.8 Å². The van der Waals surface area contributed by atoms with Crippen LogP contribution in [0, 0.1) is 16.0 Å². The third-order valence-corrected chi connectivity index (χ3v) is 3.06. The number of hydrogen-bond donors (Lipinski definition) is 2. The molecule has 0 aliphatic rings. The molecule has 0 bridgehead atoms. The highest BCUT2D eigenvalue weighted by Crippen LogP contribution is 2.27. The van der Waals surface area contributed by atoms with Crippen LogP contribution in [0.3, 0.4) is 0 Å². The number of hydrogen-bond acceptors (Lipinski definition) is 4. The van der Waals surface area contributed by atoms with Crippen LogP contribution in [0.4, 0.5) is 11.4 Å². The lowest BCUT2D eigenvalue weighted by Gasteiger charge is -2.21. The van der Waals surface area contributed by atoms with Gasteiger partial charge in [-0.05, 0) is 24.5 Å². The Morgan fingerprint density at radius 3 is 2.53 bits per heavy atom. The Bertz CT molecular complexity index is 486. The molecule has 6 heteroatoms. The van der Waals surface area contributed by atoms with E-state index in [1.807, 2.05) is 20.8 Å². The summed E-state index contributed by atoms with van der Waals surface area (Å²) < 4.78 is 0. The predicted molar refractivity (Wildman–Crippen MR) is 74.2 cm³/mol. The molecule has 0 fully saturated rings. The Balaban J connectivity index is 3.13. The molecule has 0 spiro atoms. The first-order valence-electron chi connectivity index (χ1n) is 6.21. The molecule has 6 nitrogen and oxygen atoms in total. The van der Waals surface area contributed by atoms with Crippen molar-refractivity contribution < 1.29 is 9.72 Å². The summed E-state index contributed by atoms with van der Waals surface area (Å²) >= 11 is 0. The number of carbonyl (C=O) groups is 1. The molecule has 1 aromatic rings. The summed E-state index contributed by atoms with van der Waals surface area (Å²) in [6.07, 6.45) is 0.854. The van der Waals surface area contributed by atoms with Crippen LogP contribution < -0.4 is 11.1 Å². The van der Waals surface area contributed by atoms with Gasteiger partial charge in [-0.25, -0.2) is 0 Å². The van der Waals surface area contributed by atoms with Crippen molar-refractivity contribution in [2.45, 2.75) is 33.2 Å². The van der Waals surface area contributed by atoms with Crippen LogP contribution in [0.15, 0.2) is 18.2 Å². The number of amides is 1. The molecule has 1 atom stereocenters. The lowest BCUT2D eigenvalue weighted by atomic mass is 10.0. The molecule has 1 unspecified atom stereocenters. The Labute approximate surface area is 112 Å². The number of carbonyl (C=O) groups excluding carboxylic acids is 1. The van der Waals surface area contributed by atoms with Crippen LogP contribution in [0.1, 0.15) is 37.6 Å². The maximum Gasteiger partial charge on any atom is 0.293 e. The molecular formula is C13H19N3O3. The maximum atomic E-state index is 11.1. The van der Waals surface area contributed by atoms with Crippen LogP contribution in [0.5, 0.6) is 0 Å². The van der Waals surface area contributed by atoms with Gasteiger partial charge in [-0.2, -0.15) is 0 Å². The summed E-state index contributed by atoms with van der Waals surface area (Å²) in [6, 6.07) is 4.37. The van der Waals surface area contributed by atoms with E-state index in [0.717, 1.165) is 6.42 Å². The zero-order chi connectivity index (χ0) is 14.6. The topological polar surface area (TPSA) is 98.3 Å². The number of anilines is 1. The maximum absolute atomic E-state index is 11.1. The van der Waals surface area contributed by atoms with E-state index in [9.17, 15) is 14.9 Å². The van der Waals surface area contributed by atoms with Crippen LogP contribution in [-0.4, -0.2) is 16.9 Å². The summed E-state index contributed by atoms with van der Waals surface area (Å²) in [4.78, 5) is 21.6. The number of rotatable bonds is 6. The molecule has 1 aromatic carbocycles. The van der Waals surface area contributed by atoms with Crippen molar-refractivity contribution in [2.24, 2.45) is 11.7 Å². The Morgan fingerprint density at radius 1 is 1.47 bits per heavy atom. The normalized spacial score (nSPS) is 12.2. The van der Waals surface area contributed by atoms with Crippen molar-refractivity contribution in [1.29, 1.82) is 0 Å². The van der Waals surface area contributed by atoms with Gasteiger partial charge in [0.25, 0.3) is 5.69 Å². The molecule has 0 radical (unpaired) electrons. The Hall–Kier alpha value is -2.11. The first-order valence-corrected chi connectivity index (χ1v) is 6.21. The average Bonchev–Trinajstić information content (AvgIpc) is 2.35. The summed E-state index contributed by atoms with van der Waals surface area (Å²) in [5.74, 6) is -0.328. The molecule has 104 valence electrons. The molecule has 0 saturated heterocycles. The third kappa shape index (κ3) is 3.67. The van der Waals surface area contributed by atoms with Gasteiger partial charge in [-0.3, -0.25) is 14.9 Å². The van der Waals surface area contributed by atoms with Gasteiger partial charge in [0.2, 0.25) is 5.91 Å². The highest BCUT2D eigenvalue weighted by molar-refractivity contribution is 5.94. The van der Waals surface area contributed by atoms with Gasteiger partial charge in [0.05, 0.1) is 4.92 Å². The van der Waals surface area contributed by atoms with Crippen molar-refractivity contribution >= 4 is 17.3 Å². The number of nitrogens with zero attached hydrogens (tertiary/aromatic N) is 1. The SMILES string of the molecule is CCC(Nc1ccc(C(N)=O)cc1[N+](=O)[O-])C(C)C. The monoisotopic (exact) mass is 265 g/mol. The average molecular weight is 265 g/mol. The first-order chi connectivity index (χ1) is 8.86. The van der Waals surface area contributed by atoms with Crippen LogP contribution in [-0.2, 0) is 0 Å². The van der Waals surface area contributed by atoms with Gasteiger partial charge in [-0.1, -0.05) is 20.8 Å². The van der Waals surface area contributed by atoms with Gasteiger partial charge in [0, 0.05) is 17.7 Å². The number of primary amides is 1. The van der Waals surface area contributed by atoms with Crippen molar-refractivity contribution in [3.05, 3.63) is 33.9 Å². The first kappa shape index (κ1) is 14.9. The molecule has 0 heterocycles. The summed E-state index contributed by atoms with van der Waals surface area (Å²) in [7, 11) is 0. The van der Waals surface area contributed by atoms with E-state index in [0.29, 0.717) is 11.6 Å². The van der Waals surface area contributed by atoms with Crippen molar-refractivity contribution in [2.75, 3.05) is 5.32 Å². The van der Waals surface area contributed by atoms with Gasteiger partial charge < -0.3 is 11.1 Å². The second kappa shape index (κ2) is 6.17. The van der Waals surface area contributed by atoms with Gasteiger partial charge in [0.15, 0.2) is 0 Å². The van der Waals surface area contributed by atoms with Crippen LogP contribution in [0.25, 0.3) is 0 Å². The van der Waals surface area contributed by atoms with E-state index in [-0.39, 0.29) is 17.3 Å². The molecule has 0 aliphatic heterocycles. The number of benzene rings is 1. The van der Waals surface area contributed by atoms with Gasteiger partial charge in [-0.15, -0.1) is 0 Å². The minimum Gasteiger partial charge on any atom is -0.377 e. The highest BCUT2D eigenvalue weighted by Gasteiger charge is 2.19. The van der Waals surface area contributed by atoms with Crippen LogP contribution in [0.2, 0.25) is 0 Å². The molecule has 0 saturated carbocycles. The number of nitrogens with one attached hydrogen (secondary N) is 1. The van der Waals surface area contributed by atoms with Gasteiger partial charge >= 0.3 is 0 Å². The second-order valence-electron chi connectivity index (χ2n) is 4.76. The molecular weight excluding hydrogens is 246 g/mol. The second-order valence-corrected chi connectivity index (χ2v) is 4.76. The zero-order valence-electron chi connectivity index (χ0n) is 11.3. The molecule has 1 rings (SSSR count). The fourth-order valence-electron chi connectivity index (χ4n) is 1.90. The Morgan fingerprint density at radius 2 is 2.11 bits per heavy atom. The lowest BCUT2D eigenvalue weighted by Crippen LogP contribution is -2.25. The summed E-state index contributed by atoms with van der Waals surface area (Å²) in [6.45, 7) is 6.11. The van der Waals surface area contributed by atoms with E-state index in [1.165, 1.54) is 18.2 Å². The minimum absolute atomic E-state index is 0.129. The predicted octanol–water partition coefficient (Wildman–Crippen LogP) is 2.54. The molecule has 3 N–H and O–H groups in total. The fraction of sp³-hybridized carbons (Fsp3) is 0.462. The van der Waals surface area contributed by atoms with Crippen molar-refractivity contribution in [1.82, 2.24) is 0 Å². The van der Waals surface area contributed by atoms with Crippen molar-refractivity contribution in [3.63, 3.8) is 0 Å². The van der Waals surface area contributed by atoms with Crippen molar-refractivity contribution in [3.8, 4) is 0 Å². The molecule has 19 heavy (non-hydrogen) atoms. The van der Waals surface area contributed by atoms with E-state index in [2.05, 4.69) is 5.32 Å². The number of nitrogens with two attached hydrogens (primary N) is 1. The number of nitro groups is 1. The van der Waals surface area contributed by atoms with E-state index >= 15 is 0 Å². The minimum atomic E-state index is -0.675. The largest absolute Gasteiger partial charge is 0.377 e. The fourth-order valence-corrected chi connectivity index (χ4v) is 1.90. The summed E-state index contributed by atoms with van der Waals surface area (Å²) in [5, 5.41) is 14.2. The quantitative estimate of drug-likeness (QED) is 0.610. The third-order valence-electron chi connectivity index (χ3n) is 3.06. The van der Waals surface area contributed by atoms with E-state index in [1.54, 1.807) is 0 Å². The smallest absolute Gasteiger partial charge is 0.293 e.